The molecule has 10 heteroatoms. The molecule has 0 saturated heterocycles. The van der Waals surface area contributed by atoms with Gasteiger partial charge >= 0.3 is 0 Å². The molecule has 8 nitrogen and oxygen atoms in total. The third-order valence-electron chi connectivity index (χ3n) is 3.83. The van der Waals surface area contributed by atoms with E-state index in [0.717, 1.165) is 11.4 Å². The molecule has 3 aromatic rings. The van der Waals surface area contributed by atoms with Crippen molar-refractivity contribution in [2.75, 3.05) is 5.32 Å². The maximum absolute atomic E-state index is 12.7. The van der Waals surface area contributed by atoms with Gasteiger partial charge in [0.25, 0.3) is 5.91 Å². The minimum atomic E-state index is -3.68. The van der Waals surface area contributed by atoms with E-state index in [1.807, 2.05) is 19.9 Å². The number of benzene rings is 1. The molecule has 0 aliphatic heterocycles. The average Bonchev–Trinajstić information content (AvgIpc) is 2.92. The van der Waals surface area contributed by atoms with Crippen LogP contribution in [0.25, 0.3) is 5.82 Å². The number of nitrogens with zero attached hydrogens (tertiary/aromatic N) is 3. The van der Waals surface area contributed by atoms with Crippen molar-refractivity contribution in [3.05, 3.63) is 70.1 Å². The Kier molecular flexibility index (Phi) is 5.50. The Morgan fingerprint density at radius 2 is 1.96 bits per heavy atom. The maximum atomic E-state index is 12.7. The molecule has 1 amide bonds. The molecule has 2 heterocycles. The van der Waals surface area contributed by atoms with Gasteiger partial charge in [0, 0.05) is 11.4 Å². The van der Waals surface area contributed by atoms with Crippen molar-refractivity contribution in [3.63, 3.8) is 0 Å². The van der Waals surface area contributed by atoms with Gasteiger partial charge in [-0.25, -0.2) is 23.2 Å². The molecular formula is C18H18ClN5O3S. The first-order valence-corrected chi connectivity index (χ1v) is 10.3. The number of carbonyl (C=O) groups excluding carboxylic acids is 1. The number of halogens is 1. The lowest BCUT2D eigenvalue weighted by Gasteiger charge is -2.10. The summed E-state index contributed by atoms with van der Waals surface area (Å²) in [6, 6.07) is 11.5. The van der Waals surface area contributed by atoms with Crippen molar-refractivity contribution in [3.8, 4) is 5.82 Å². The summed E-state index contributed by atoms with van der Waals surface area (Å²) in [5, 5.41) is 12.3. The number of nitrogens with one attached hydrogen (secondary N) is 1. The molecule has 0 bridgehead atoms. The van der Waals surface area contributed by atoms with E-state index in [4.69, 9.17) is 16.7 Å². The molecule has 0 aliphatic rings. The molecule has 3 rings (SSSR count). The van der Waals surface area contributed by atoms with E-state index in [-0.39, 0.29) is 16.5 Å². The van der Waals surface area contributed by atoms with Crippen LogP contribution >= 0.6 is 11.6 Å². The highest BCUT2D eigenvalue weighted by atomic mass is 35.5. The third-order valence-corrected chi connectivity index (χ3v) is 4.87. The van der Waals surface area contributed by atoms with Crippen LogP contribution in [-0.2, 0) is 15.8 Å². The van der Waals surface area contributed by atoms with Gasteiger partial charge in [-0.3, -0.25) is 4.79 Å². The molecule has 0 radical (unpaired) electrons. The standard InChI is InChI=1S/C18H18ClN5O3S/c1-11-8-12(2)24(23-11)16-7-6-15(19)17(22-16)18(25)21-14-5-3-4-13(9-14)10-28(20,26)27/h3-9H,10H2,1-2H3,(H,21,25)(H2,20,26,27). The zero-order valence-electron chi connectivity index (χ0n) is 15.2. The number of anilines is 1. The van der Waals surface area contributed by atoms with Crippen molar-refractivity contribution in [2.45, 2.75) is 19.6 Å². The average molecular weight is 420 g/mol. The van der Waals surface area contributed by atoms with Crippen LogP contribution in [0.15, 0.2) is 42.5 Å². The molecule has 146 valence electrons. The Morgan fingerprint density at radius 1 is 1.21 bits per heavy atom. The smallest absolute Gasteiger partial charge is 0.275 e. The van der Waals surface area contributed by atoms with Gasteiger partial charge in [-0.2, -0.15) is 5.10 Å². The van der Waals surface area contributed by atoms with E-state index in [0.29, 0.717) is 17.1 Å². The Balaban J connectivity index is 1.88. The van der Waals surface area contributed by atoms with Gasteiger partial charge in [0.15, 0.2) is 5.82 Å². The third kappa shape index (κ3) is 4.75. The minimum Gasteiger partial charge on any atom is -0.321 e. The van der Waals surface area contributed by atoms with Gasteiger partial charge in [0.05, 0.1) is 16.5 Å². The fourth-order valence-electron chi connectivity index (χ4n) is 2.73. The van der Waals surface area contributed by atoms with Crippen LogP contribution in [0.4, 0.5) is 5.69 Å². The van der Waals surface area contributed by atoms with Crippen LogP contribution in [0.1, 0.15) is 27.4 Å². The van der Waals surface area contributed by atoms with Crippen molar-refractivity contribution in [1.82, 2.24) is 14.8 Å². The van der Waals surface area contributed by atoms with Gasteiger partial charge in [0.2, 0.25) is 10.0 Å². The van der Waals surface area contributed by atoms with Crippen LogP contribution in [0.2, 0.25) is 5.02 Å². The van der Waals surface area contributed by atoms with E-state index in [1.165, 1.54) is 6.07 Å². The van der Waals surface area contributed by atoms with Crippen molar-refractivity contribution in [1.29, 1.82) is 0 Å². The SMILES string of the molecule is Cc1cc(C)n(-c2ccc(Cl)c(C(=O)Nc3cccc(CS(N)(=O)=O)c3)n2)n1. The van der Waals surface area contributed by atoms with Crippen molar-refractivity contribution >= 4 is 33.2 Å². The molecule has 0 unspecified atom stereocenters. The second kappa shape index (κ2) is 7.70. The highest BCUT2D eigenvalue weighted by molar-refractivity contribution is 7.88. The summed E-state index contributed by atoms with van der Waals surface area (Å²) < 4.78 is 24.1. The molecule has 0 saturated carbocycles. The fraction of sp³-hybridized carbons (Fsp3) is 0.167. The number of nitrogens with two attached hydrogens (primary N) is 1. The van der Waals surface area contributed by atoms with E-state index < -0.39 is 15.9 Å². The highest BCUT2D eigenvalue weighted by Crippen LogP contribution is 2.20. The van der Waals surface area contributed by atoms with Gasteiger partial charge < -0.3 is 5.32 Å². The number of carbonyl (C=O) groups is 1. The Hall–Kier alpha value is -2.75. The Bertz CT molecular complexity index is 1160. The van der Waals surface area contributed by atoms with Gasteiger partial charge in [-0.1, -0.05) is 23.7 Å². The summed E-state index contributed by atoms with van der Waals surface area (Å²) in [6.45, 7) is 3.74. The number of aromatic nitrogens is 3. The molecular weight excluding hydrogens is 402 g/mol. The van der Waals surface area contributed by atoms with E-state index in [9.17, 15) is 13.2 Å². The molecule has 28 heavy (non-hydrogen) atoms. The zero-order valence-corrected chi connectivity index (χ0v) is 16.8. The number of sulfonamides is 1. The number of rotatable bonds is 5. The minimum absolute atomic E-state index is 0.0311. The summed E-state index contributed by atoms with van der Waals surface area (Å²) in [5.41, 5.74) is 2.58. The number of primary sulfonamides is 1. The van der Waals surface area contributed by atoms with Crippen LogP contribution in [0, 0.1) is 13.8 Å². The van der Waals surface area contributed by atoms with Crippen molar-refractivity contribution < 1.29 is 13.2 Å². The number of aryl methyl sites for hydroxylation is 2. The van der Waals surface area contributed by atoms with Gasteiger partial charge in [-0.15, -0.1) is 0 Å². The lowest BCUT2D eigenvalue weighted by atomic mass is 10.2. The molecule has 2 aromatic heterocycles. The zero-order chi connectivity index (χ0) is 20.5. The molecule has 3 N–H and O–H groups in total. The quantitative estimate of drug-likeness (QED) is 0.658. The molecule has 0 spiro atoms. The predicted molar refractivity (Wildman–Crippen MR) is 107 cm³/mol. The van der Waals surface area contributed by atoms with Crippen LogP contribution in [0.3, 0.4) is 0 Å². The number of pyridine rings is 1. The maximum Gasteiger partial charge on any atom is 0.275 e. The lowest BCUT2D eigenvalue weighted by Crippen LogP contribution is -2.17. The first kappa shape index (κ1) is 20.0. The molecule has 0 atom stereocenters. The highest BCUT2D eigenvalue weighted by Gasteiger charge is 2.16. The number of hydrogen-bond donors (Lipinski definition) is 2. The summed E-state index contributed by atoms with van der Waals surface area (Å²) >= 11 is 6.16. The van der Waals surface area contributed by atoms with Crippen LogP contribution in [0.5, 0.6) is 0 Å². The summed E-state index contributed by atoms with van der Waals surface area (Å²) in [7, 11) is -3.68. The predicted octanol–water partition coefficient (Wildman–Crippen LogP) is 2.58. The first-order chi connectivity index (χ1) is 13.1. The fourth-order valence-corrected chi connectivity index (χ4v) is 3.57. The molecule has 1 aromatic carbocycles. The number of amides is 1. The van der Waals surface area contributed by atoms with Crippen LogP contribution in [-0.4, -0.2) is 29.1 Å². The monoisotopic (exact) mass is 419 g/mol. The normalized spacial score (nSPS) is 11.4. The molecule has 0 aliphatic carbocycles. The summed E-state index contributed by atoms with van der Waals surface area (Å²) in [4.78, 5) is 17.0. The first-order valence-electron chi connectivity index (χ1n) is 8.23. The van der Waals surface area contributed by atoms with Crippen molar-refractivity contribution in [2.24, 2.45) is 5.14 Å². The van der Waals surface area contributed by atoms with Gasteiger partial charge in [-0.05, 0) is 49.7 Å². The van der Waals surface area contributed by atoms with E-state index in [2.05, 4.69) is 15.4 Å². The lowest BCUT2D eigenvalue weighted by molar-refractivity contribution is 0.102. The Morgan fingerprint density at radius 3 is 2.61 bits per heavy atom. The molecule has 0 fully saturated rings. The largest absolute Gasteiger partial charge is 0.321 e. The topological polar surface area (TPSA) is 120 Å². The van der Waals surface area contributed by atoms with E-state index >= 15 is 0 Å². The summed E-state index contributed by atoms with van der Waals surface area (Å²) in [5.74, 6) is -0.396. The van der Waals surface area contributed by atoms with E-state index in [1.54, 1.807) is 35.0 Å². The van der Waals surface area contributed by atoms with Gasteiger partial charge in [0.1, 0.15) is 5.69 Å². The summed E-state index contributed by atoms with van der Waals surface area (Å²) in [6.07, 6.45) is 0. The Labute approximate surface area is 167 Å². The number of hydrogen-bond acceptors (Lipinski definition) is 5. The second-order valence-electron chi connectivity index (χ2n) is 6.30. The second-order valence-corrected chi connectivity index (χ2v) is 8.32. The van der Waals surface area contributed by atoms with Crippen LogP contribution < -0.4 is 10.5 Å².